The summed E-state index contributed by atoms with van der Waals surface area (Å²) in [5.74, 6) is 2.26. The second-order valence-electron chi connectivity index (χ2n) is 5.04. The van der Waals surface area contributed by atoms with Crippen LogP contribution >= 0.6 is 11.6 Å². The van der Waals surface area contributed by atoms with E-state index < -0.39 is 0 Å². The van der Waals surface area contributed by atoms with E-state index in [0.717, 1.165) is 24.3 Å². The lowest BCUT2D eigenvalue weighted by atomic mass is 10.1. The van der Waals surface area contributed by atoms with Gasteiger partial charge >= 0.3 is 0 Å². The molecule has 23 heavy (non-hydrogen) atoms. The van der Waals surface area contributed by atoms with Gasteiger partial charge < -0.3 is 19.5 Å². The minimum Gasteiger partial charge on any atom is -0.496 e. The average molecular weight is 336 g/mol. The maximum Gasteiger partial charge on any atom is 0.165 e. The first-order chi connectivity index (χ1) is 11.2. The second-order valence-corrected chi connectivity index (χ2v) is 5.48. The van der Waals surface area contributed by atoms with Crippen LogP contribution in [-0.4, -0.2) is 27.9 Å². The third-order valence-electron chi connectivity index (χ3n) is 3.60. The van der Waals surface area contributed by atoms with Gasteiger partial charge in [0, 0.05) is 23.2 Å². The Hall–Kier alpha value is -1.91. The molecule has 0 saturated carbocycles. The Bertz CT molecular complexity index is 646. The van der Waals surface area contributed by atoms with Crippen molar-refractivity contribution in [3.05, 3.63) is 52.5 Å². The molecule has 0 bridgehead atoms. The predicted molar refractivity (Wildman–Crippen MR) is 93.0 cm³/mol. The number of para-hydroxylation sites is 1. The van der Waals surface area contributed by atoms with Crippen molar-refractivity contribution in [2.75, 3.05) is 27.9 Å². The van der Waals surface area contributed by atoms with Crippen molar-refractivity contribution < 1.29 is 14.2 Å². The van der Waals surface area contributed by atoms with E-state index in [2.05, 4.69) is 11.4 Å². The van der Waals surface area contributed by atoms with Gasteiger partial charge in [-0.15, -0.1) is 0 Å². The number of benzene rings is 2. The zero-order valence-electron chi connectivity index (χ0n) is 13.7. The molecule has 0 aliphatic carbocycles. The van der Waals surface area contributed by atoms with Gasteiger partial charge in [0.25, 0.3) is 0 Å². The molecule has 0 unspecified atom stereocenters. The fourth-order valence-electron chi connectivity index (χ4n) is 2.49. The molecule has 5 heteroatoms. The topological polar surface area (TPSA) is 39.7 Å². The van der Waals surface area contributed by atoms with Gasteiger partial charge in [-0.1, -0.05) is 29.8 Å². The summed E-state index contributed by atoms with van der Waals surface area (Å²) in [6, 6.07) is 11.7. The van der Waals surface area contributed by atoms with Crippen molar-refractivity contribution in [3.63, 3.8) is 0 Å². The van der Waals surface area contributed by atoms with Crippen molar-refractivity contribution in [1.29, 1.82) is 0 Å². The summed E-state index contributed by atoms with van der Waals surface area (Å²) in [5.41, 5.74) is 2.15. The van der Waals surface area contributed by atoms with Crippen LogP contribution in [0.5, 0.6) is 17.2 Å². The molecule has 0 aliphatic heterocycles. The van der Waals surface area contributed by atoms with Crippen LogP contribution in [0.4, 0.5) is 0 Å². The molecule has 2 aromatic carbocycles. The highest BCUT2D eigenvalue weighted by Gasteiger charge is 2.11. The Balaban J connectivity index is 1.97. The van der Waals surface area contributed by atoms with Crippen molar-refractivity contribution in [3.8, 4) is 17.2 Å². The quantitative estimate of drug-likeness (QED) is 0.747. The van der Waals surface area contributed by atoms with E-state index in [4.69, 9.17) is 25.8 Å². The number of methoxy groups -OCH3 is 3. The Morgan fingerprint density at radius 1 is 0.913 bits per heavy atom. The zero-order valence-corrected chi connectivity index (χ0v) is 14.4. The number of rotatable bonds is 8. The summed E-state index contributed by atoms with van der Waals surface area (Å²) in [5, 5.41) is 4.03. The summed E-state index contributed by atoms with van der Waals surface area (Å²) in [6.45, 7) is 1.47. The summed E-state index contributed by atoms with van der Waals surface area (Å²) in [7, 11) is 4.92. The molecule has 1 N–H and O–H groups in total. The lowest BCUT2D eigenvalue weighted by Crippen LogP contribution is -2.17. The van der Waals surface area contributed by atoms with Gasteiger partial charge in [0.1, 0.15) is 5.75 Å². The Morgan fingerprint density at radius 2 is 1.65 bits per heavy atom. The average Bonchev–Trinajstić information content (AvgIpc) is 2.58. The molecular weight excluding hydrogens is 314 g/mol. The highest BCUT2D eigenvalue weighted by atomic mass is 35.5. The van der Waals surface area contributed by atoms with E-state index >= 15 is 0 Å². The van der Waals surface area contributed by atoms with E-state index in [-0.39, 0.29) is 0 Å². The molecule has 0 amide bonds. The third-order valence-corrected chi connectivity index (χ3v) is 3.82. The van der Waals surface area contributed by atoms with Crippen LogP contribution in [0.25, 0.3) is 0 Å². The van der Waals surface area contributed by atoms with Gasteiger partial charge in [0.2, 0.25) is 0 Å². The smallest absolute Gasteiger partial charge is 0.165 e. The van der Waals surface area contributed by atoms with Crippen LogP contribution in [0.2, 0.25) is 5.02 Å². The van der Waals surface area contributed by atoms with Crippen LogP contribution in [0.15, 0.2) is 36.4 Å². The lowest BCUT2D eigenvalue weighted by molar-refractivity contribution is 0.350. The Morgan fingerprint density at radius 3 is 2.35 bits per heavy atom. The van der Waals surface area contributed by atoms with Crippen LogP contribution in [-0.2, 0) is 13.0 Å². The van der Waals surface area contributed by atoms with Gasteiger partial charge in [0.15, 0.2) is 11.5 Å². The molecule has 0 radical (unpaired) electrons. The maximum atomic E-state index is 6.13. The molecule has 2 aromatic rings. The number of ether oxygens (including phenoxy) is 3. The molecule has 0 saturated heterocycles. The normalized spacial score (nSPS) is 10.4. The van der Waals surface area contributed by atoms with Gasteiger partial charge in [-0.25, -0.2) is 0 Å². The van der Waals surface area contributed by atoms with E-state index in [1.165, 1.54) is 5.56 Å². The molecule has 0 fully saturated rings. The SMILES string of the molecule is COc1ccccc1CCNCc1cc(Cl)cc(OC)c1OC. The van der Waals surface area contributed by atoms with Crippen LogP contribution in [0, 0.1) is 0 Å². The Kier molecular flexibility index (Phi) is 6.56. The van der Waals surface area contributed by atoms with E-state index in [0.29, 0.717) is 23.1 Å². The third kappa shape index (κ3) is 4.53. The monoisotopic (exact) mass is 335 g/mol. The first-order valence-electron chi connectivity index (χ1n) is 7.42. The van der Waals surface area contributed by atoms with Gasteiger partial charge in [0.05, 0.1) is 21.3 Å². The fourth-order valence-corrected chi connectivity index (χ4v) is 2.72. The molecule has 0 aromatic heterocycles. The number of nitrogens with one attached hydrogen (secondary N) is 1. The van der Waals surface area contributed by atoms with Gasteiger partial charge in [-0.3, -0.25) is 0 Å². The molecule has 4 nitrogen and oxygen atoms in total. The summed E-state index contributed by atoms with van der Waals surface area (Å²) in [4.78, 5) is 0. The highest BCUT2D eigenvalue weighted by molar-refractivity contribution is 6.30. The van der Waals surface area contributed by atoms with Crippen molar-refractivity contribution in [2.24, 2.45) is 0 Å². The molecular formula is C18H22ClNO3. The first-order valence-corrected chi connectivity index (χ1v) is 7.80. The van der Waals surface area contributed by atoms with Crippen molar-refractivity contribution >= 4 is 11.6 Å². The molecule has 2 rings (SSSR count). The largest absolute Gasteiger partial charge is 0.496 e. The van der Waals surface area contributed by atoms with Gasteiger partial charge in [-0.05, 0) is 30.7 Å². The maximum absolute atomic E-state index is 6.13. The summed E-state index contributed by atoms with van der Waals surface area (Å²) in [6.07, 6.45) is 0.879. The van der Waals surface area contributed by atoms with Gasteiger partial charge in [-0.2, -0.15) is 0 Å². The van der Waals surface area contributed by atoms with E-state index in [9.17, 15) is 0 Å². The highest BCUT2D eigenvalue weighted by Crippen LogP contribution is 2.34. The fraction of sp³-hybridized carbons (Fsp3) is 0.333. The predicted octanol–water partition coefficient (Wildman–Crippen LogP) is 3.70. The van der Waals surface area contributed by atoms with E-state index in [1.807, 2.05) is 24.3 Å². The van der Waals surface area contributed by atoms with E-state index in [1.54, 1.807) is 27.4 Å². The van der Waals surface area contributed by atoms with Crippen molar-refractivity contribution in [1.82, 2.24) is 5.32 Å². The van der Waals surface area contributed by atoms with Crippen LogP contribution < -0.4 is 19.5 Å². The number of hydrogen-bond donors (Lipinski definition) is 1. The molecule has 0 atom stereocenters. The van der Waals surface area contributed by atoms with Crippen molar-refractivity contribution in [2.45, 2.75) is 13.0 Å². The van der Waals surface area contributed by atoms with Crippen LogP contribution in [0.1, 0.15) is 11.1 Å². The minimum atomic E-state index is 0.629. The second kappa shape index (κ2) is 8.65. The standard InChI is InChI=1S/C18H22ClNO3/c1-21-16-7-5-4-6-13(16)8-9-20-12-14-10-15(19)11-17(22-2)18(14)23-3/h4-7,10-11,20H,8-9,12H2,1-3H3. The minimum absolute atomic E-state index is 0.629. The zero-order chi connectivity index (χ0) is 16.7. The van der Waals surface area contributed by atoms with Crippen LogP contribution in [0.3, 0.4) is 0 Å². The Labute approximate surface area is 142 Å². The molecule has 124 valence electrons. The lowest BCUT2D eigenvalue weighted by Gasteiger charge is -2.14. The summed E-state index contributed by atoms with van der Waals surface area (Å²) < 4.78 is 16.1. The molecule has 0 aliphatic rings. The molecule has 0 spiro atoms. The summed E-state index contributed by atoms with van der Waals surface area (Å²) >= 11 is 6.13. The number of hydrogen-bond acceptors (Lipinski definition) is 4. The first kappa shape index (κ1) is 17.4. The molecule has 0 heterocycles. The number of halogens is 1.